The van der Waals surface area contributed by atoms with Gasteiger partial charge in [-0.15, -0.1) is 0 Å². The first-order chi connectivity index (χ1) is 28.7. The van der Waals surface area contributed by atoms with E-state index in [1.54, 1.807) is 0 Å². The van der Waals surface area contributed by atoms with Crippen molar-refractivity contribution in [2.45, 2.75) is 0 Å². The van der Waals surface area contributed by atoms with Crippen molar-refractivity contribution in [2.24, 2.45) is 0 Å². The number of nitrogens with zero attached hydrogens (tertiary/aromatic N) is 4. The molecule has 0 spiro atoms. The summed E-state index contributed by atoms with van der Waals surface area (Å²) in [5.74, 6) is 1.49. The van der Waals surface area contributed by atoms with Crippen LogP contribution < -0.4 is 0 Å². The number of hydrogen-bond donors (Lipinski definition) is 0. The number of aromatic nitrogens is 4. The fourth-order valence-corrected chi connectivity index (χ4v) is 8.03. The summed E-state index contributed by atoms with van der Waals surface area (Å²) in [6.45, 7) is 0. The van der Waals surface area contributed by atoms with Gasteiger partial charge in [0.25, 0.3) is 0 Å². The topological polar surface area (TPSA) is 56.7 Å². The maximum absolute atomic E-state index is 6.65. The predicted molar refractivity (Wildman–Crippen MR) is 237 cm³/mol. The highest BCUT2D eigenvalue weighted by Gasteiger charge is 2.20. The molecule has 0 N–H and O–H groups in total. The van der Waals surface area contributed by atoms with Gasteiger partial charge in [-0.05, 0) is 76.9 Å². The first-order valence-corrected chi connectivity index (χ1v) is 19.4. The van der Waals surface area contributed by atoms with Crippen molar-refractivity contribution < 1.29 is 4.42 Å². The molecule has 272 valence electrons. The molecule has 8 aromatic carbocycles. The van der Waals surface area contributed by atoms with E-state index >= 15 is 0 Å². The smallest absolute Gasteiger partial charge is 0.161 e. The van der Waals surface area contributed by atoms with E-state index in [1.165, 1.54) is 5.56 Å². The maximum atomic E-state index is 6.65. The van der Waals surface area contributed by atoms with Crippen molar-refractivity contribution in [3.05, 3.63) is 206 Å². The van der Waals surface area contributed by atoms with Crippen LogP contribution in [0.3, 0.4) is 0 Å². The summed E-state index contributed by atoms with van der Waals surface area (Å²) in [4.78, 5) is 15.7. The second-order valence-corrected chi connectivity index (χ2v) is 14.4. The van der Waals surface area contributed by atoms with Gasteiger partial charge in [0.15, 0.2) is 5.82 Å². The molecule has 0 saturated carbocycles. The second-order valence-electron chi connectivity index (χ2n) is 14.4. The van der Waals surface area contributed by atoms with Crippen molar-refractivity contribution in [3.63, 3.8) is 0 Å². The lowest BCUT2D eigenvalue weighted by Crippen LogP contribution is -1.97. The van der Waals surface area contributed by atoms with E-state index in [9.17, 15) is 0 Å². The minimum absolute atomic E-state index is 0.632. The summed E-state index contributed by atoms with van der Waals surface area (Å²) in [5, 5.41) is 1.96. The zero-order valence-corrected chi connectivity index (χ0v) is 31.3. The van der Waals surface area contributed by atoms with E-state index in [4.69, 9.17) is 19.4 Å². The monoisotopic (exact) mass is 742 g/mol. The number of furan rings is 1. The Morgan fingerprint density at radius 2 is 0.966 bits per heavy atom. The van der Waals surface area contributed by atoms with Gasteiger partial charge in [-0.3, -0.25) is 4.57 Å². The fraction of sp³-hybridized carbons (Fsp3) is 0. The van der Waals surface area contributed by atoms with Crippen LogP contribution in [0.4, 0.5) is 0 Å². The first kappa shape index (κ1) is 33.4. The lowest BCUT2D eigenvalue weighted by atomic mass is 9.99. The molecule has 0 radical (unpaired) electrons. The van der Waals surface area contributed by atoms with Crippen LogP contribution in [0.5, 0.6) is 0 Å². The van der Waals surface area contributed by atoms with Gasteiger partial charge in [0.1, 0.15) is 17.0 Å². The largest absolute Gasteiger partial charge is 0.456 e. The lowest BCUT2D eigenvalue weighted by molar-refractivity contribution is 0.669. The van der Waals surface area contributed by atoms with Crippen LogP contribution in [0.1, 0.15) is 0 Å². The summed E-state index contributed by atoms with van der Waals surface area (Å²) in [5.41, 5.74) is 14.8. The molecule has 11 aromatic rings. The molecule has 5 heteroatoms. The Balaban J connectivity index is 1.07. The Labute approximate surface area is 335 Å². The van der Waals surface area contributed by atoms with Gasteiger partial charge in [-0.25, -0.2) is 15.0 Å². The van der Waals surface area contributed by atoms with Gasteiger partial charge in [0, 0.05) is 38.7 Å². The molecular weight excluding hydrogens is 709 g/mol. The molecular formula is C53H34N4O. The van der Waals surface area contributed by atoms with Crippen LogP contribution >= 0.6 is 0 Å². The third-order valence-corrected chi connectivity index (χ3v) is 10.9. The molecule has 0 unspecified atom stereocenters. The standard InChI is InChI=1S/C53H34N4O/c1-4-14-35(15-5-1)37-26-28-38(29-27-37)46-34-47(40-19-12-18-39(32-40)36-16-6-2-7-17-36)55-52(54-46)44-22-13-25-49-51(44)43-31-30-41(33-50(43)58-49)53-56-45-23-10-11-24-48(45)57(53)42-20-8-3-9-21-42/h1-34H. The summed E-state index contributed by atoms with van der Waals surface area (Å²) in [6, 6.07) is 71.4. The highest BCUT2D eigenvalue weighted by Crippen LogP contribution is 2.40. The van der Waals surface area contributed by atoms with Crippen LogP contribution in [0, 0.1) is 0 Å². The van der Waals surface area contributed by atoms with E-state index in [0.717, 1.165) is 94.8 Å². The van der Waals surface area contributed by atoms with Crippen molar-refractivity contribution >= 4 is 33.0 Å². The molecule has 3 heterocycles. The summed E-state index contributed by atoms with van der Waals surface area (Å²) in [7, 11) is 0. The molecule has 0 aliphatic carbocycles. The Bertz CT molecular complexity index is 3260. The number of imidazole rings is 1. The minimum atomic E-state index is 0.632. The molecule has 0 aliphatic rings. The number of fused-ring (bicyclic) bond motifs is 4. The third-order valence-electron chi connectivity index (χ3n) is 10.9. The predicted octanol–water partition coefficient (Wildman–Crippen LogP) is 13.7. The van der Waals surface area contributed by atoms with Gasteiger partial charge in [-0.2, -0.15) is 0 Å². The van der Waals surface area contributed by atoms with E-state index < -0.39 is 0 Å². The lowest BCUT2D eigenvalue weighted by Gasteiger charge is -2.12. The normalized spacial score (nSPS) is 11.4. The molecule has 3 aromatic heterocycles. The van der Waals surface area contributed by atoms with Crippen molar-refractivity contribution in [2.75, 3.05) is 0 Å². The van der Waals surface area contributed by atoms with Gasteiger partial charge in [0.05, 0.1) is 22.4 Å². The summed E-state index contributed by atoms with van der Waals surface area (Å²) >= 11 is 0. The van der Waals surface area contributed by atoms with Gasteiger partial charge < -0.3 is 4.42 Å². The highest BCUT2D eigenvalue weighted by molar-refractivity contribution is 6.12. The van der Waals surface area contributed by atoms with Crippen molar-refractivity contribution in [1.82, 2.24) is 19.5 Å². The van der Waals surface area contributed by atoms with E-state index in [2.05, 4.69) is 174 Å². The van der Waals surface area contributed by atoms with Crippen LogP contribution in [0.25, 0.3) is 106 Å². The van der Waals surface area contributed by atoms with Crippen LogP contribution in [-0.4, -0.2) is 19.5 Å². The first-order valence-electron chi connectivity index (χ1n) is 19.4. The summed E-state index contributed by atoms with van der Waals surface area (Å²) < 4.78 is 8.87. The Morgan fingerprint density at radius 3 is 1.74 bits per heavy atom. The van der Waals surface area contributed by atoms with Gasteiger partial charge >= 0.3 is 0 Å². The molecule has 0 bridgehead atoms. The van der Waals surface area contributed by atoms with Crippen molar-refractivity contribution in [3.8, 4) is 73.2 Å². The zero-order valence-electron chi connectivity index (χ0n) is 31.3. The molecule has 5 nitrogen and oxygen atoms in total. The van der Waals surface area contributed by atoms with Crippen molar-refractivity contribution in [1.29, 1.82) is 0 Å². The Kier molecular flexibility index (Phi) is 8.07. The third kappa shape index (κ3) is 5.94. The number of benzene rings is 8. The quantitative estimate of drug-likeness (QED) is 0.163. The summed E-state index contributed by atoms with van der Waals surface area (Å²) in [6.07, 6.45) is 0. The Morgan fingerprint density at radius 1 is 0.379 bits per heavy atom. The molecule has 0 aliphatic heterocycles. The van der Waals surface area contributed by atoms with Gasteiger partial charge in [-0.1, -0.05) is 152 Å². The Hall–Kier alpha value is -7.89. The average molecular weight is 743 g/mol. The zero-order chi connectivity index (χ0) is 38.4. The molecule has 0 saturated heterocycles. The molecule has 11 rings (SSSR count). The maximum Gasteiger partial charge on any atom is 0.161 e. The average Bonchev–Trinajstić information content (AvgIpc) is 3.89. The number of para-hydroxylation sites is 3. The fourth-order valence-electron chi connectivity index (χ4n) is 8.03. The highest BCUT2D eigenvalue weighted by atomic mass is 16.3. The SMILES string of the molecule is c1ccc(-c2ccc(-c3cc(-c4cccc(-c5ccccc5)c4)nc(-c4cccc5oc6cc(-c7nc8ccccc8n7-c7ccccc7)ccc6c45)n3)cc2)cc1. The molecule has 58 heavy (non-hydrogen) atoms. The second kappa shape index (κ2) is 14.0. The number of hydrogen-bond acceptors (Lipinski definition) is 4. The minimum Gasteiger partial charge on any atom is -0.456 e. The van der Waals surface area contributed by atoms with E-state index in [0.29, 0.717) is 5.82 Å². The van der Waals surface area contributed by atoms with Crippen LogP contribution in [0.15, 0.2) is 211 Å². The molecule has 0 atom stereocenters. The van der Waals surface area contributed by atoms with E-state index in [-0.39, 0.29) is 0 Å². The molecule has 0 fully saturated rings. The van der Waals surface area contributed by atoms with Crippen LogP contribution in [0.2, 0.25) is 0 Å². The number of rotatable bonds is 7. The van der Waals surface area contributed by atoms with E-state index in [1.807, 2.05) is 36.4 Å². The van der Waals surface area contributed by atoms with Crippen LogP contribution in [-0.2, 0) is 0 Å². The molecule has 0 amide bonds. The van der Waals surface area contributed by atoms with Gasteiger partial charge in [0.2, 0.25) is 0 Å².